The zero-order valence-electron chi connectivity index (χ0n) is 13.2. The first kappa shape index (κ1) is 19.7. The Morgan fingerprint density at radius 1 is 1.54 bits per heavy atom. The van der Waals surface area contributed by atoms with Crippen molar-refractivity contribution in [1.29, 1.82) is 0 Å². The van der Waals surface area contributed by atoms with E-state index < -0.39 is 49.4 Å². The third kappa shape index (κ3) is 4.51. The quantitative estimate of drug-likeness (QED) is 0.471. The van der Waals surface area contributed by atoms with Gasteiger partial charge in [-0.2, -0.15) is 18.2 Å². The number of nitrogens with two attached hydrogens (primary N) is 1. The molecule has 9 nitrogen and oxygen atoms in total. The monoisotopic (exact) mass is 376 g/mol. The van der Waals surface area contributed by atoms with Crippen LogP contribution in [0.1, 0.15) is 18.2 Å². The predicted molar refractivity (Wildman–Crippen MR) is 80.5 cm³/mol. The first-order chi connectivity index (χ1) is 12.1. The average molecular weight is 376 g/mol. The van der Waals surface area contributed by atoms with Crippen molar-refractivity contribution < 1.29 is 32.9 Å². The lowest BCUT2D eigenvalue weighted by Gasteiger charge is -2.15. The van der Waals surface area contributed by atoms with Gasteiger partial charge in [0.1, 0.15) is 18.1 Å². The van der Waals surface area contributed by atoms with E-state index in [4.69, 9.17) is 15.6 Å². The summed E-state index contributed by atoms with van der Waals surface area (Å²) in [7, 11) is 0. The predicted octanol–water partition coefficient (Wildman–Crippen LogP) is -1.50. The highest BCUT2D eigenvalue weighted by Crippen LogP contribution is 2.27. The van der Waals surface area contributed by atoms with Crippen LogP contribution < -0.4 is 16.7 Å². The van der Waals surface area contributed by atoms with Crippen molar-refractivity contribution in [2.75, 3.05) is 18.9 Å². The van der Waals surface area contributed by atoms with Crippen molar-refractivity contribution in [2.45, 2.75) is 31.0 Å². The molecule has 1 saturated heterocycles. The van der Waals surface area contributed by atoms with Gasteiger partial charge in [-0.3, -0.25) is 9.36 Å². The lowest BCUT2D eigenvalue weighted by molar-refractivity contribution is -0.173. The highest BCUT2D eigenvalue weighted by atomic mass is 19.4. The molecule has 1 fully saturated rings. The van der Waals surface area contributed by atoms with Gasteiger partial charge in [0.25, 0.3) is 0 Å². The maximum Gasteiger partial charge on any atom is 0.471 e. The van der Waals surface area contributed by atoms with E-state index in [1.54, 1.807) is 5.32 Å². The van der Waals surface area contributed by atoms with E-state index in [1.165, 1.54) is 6.20 Å². The van der Waals surface area contributed by atoms with Gasteiger partial charge in [-0.05, 0) is 0 Å². The molecule has 0 aliphatic carbocycles. The Hall–Kier alpha value is -2.62. The minimum absolute atomic E-state index is 0.0191. The molecule has 142 valence electrons. The molecule has 0 spiro atoms. The molecule has 0 aromatic carbocycles. The number of aliphatic hydroxyl groups is 2. The Morgan fingerprint density at radius 3 is 2.81 bits per heavy atom. The second-order valence-electron chi connectivity index (χ2n) is 5.33. The number of hydrogen-bond acceptors (Lipinski definition) is 7. The van der Waals surface area contributed by atoms with E-state index in [0.29, 0.717) is 0 Å². The number of anilines is 1. The molecule has 1 aromatic rings. The van der Waals surface area contributed by atoms with Crippen LogP contribution in [0.5, 0.6) is 0 Å². The summed E-state index contributed by atoms with van der Waals surface area (Å²) in [6.07, 6.45) is -6.57. The fourth-order valence-electron chi connectivity index (χ4n) is 2.20. The van der Waals surface area contributed by atoms with Crippen LogP contribution in [-0.4, -0.2) is 57.2 Å². The number of alkyl halides is 3. The van der Waals surface area contributed by atoms with Gasteiger partial charge < -0.3 is 26.0 Å². The molecule has 1 aromatic heterocycles. The number of carbonyl (C=O) groups is 1. The largest absolute Gasteiger partial charge is 0.471 e. The maximum atomic E-state index is 12.0. The lowest BCUT2D eigenvalue weighted by atomic mass is 10.2. The minimum atomic E-state index is -5.01. The molecule has 0 unspecified atom stereocenters. The Kier molecular flexibility index (Phi) is 5.86. The first-order valence-electron chi connectivity index (χ1n) is 7.30. The Morgan fingerprint density at radius 2 is 2.23 bits per heavy atom. The lowest BCUT2D eigenvalue weighted by Crippen LogP contribution is -2.36. The molecule has 2 heterocycles. The topological polar surface area (TPSA) is 140 Å². The van der Waals surface area contributed by atoms with Gasteiger partial charge in [-0.25, -0.2) is 4.79 Å². The van der Waals surface area contributed by atoms with Gasteiger partial charge in [0.05, 0.1) is 24.8 Å². The SMILES string of the molecule is Nc1nc(=O)n([C@H]2C[C@@H](O)[C@@H](CO)O2)cc1C#CCNC(=O)C(F)(F)F. The maximum absolute atomic E-state index is 12.0. The number of nitrogens with zero attached hydrogens (tertiary/aromatic N) is 2. The highest BCUT2D eigenvalue weighted by molar-refractivity contribution is 5.81. The van der Waals surface area contributed by atoms with Crippen LogP contribution in [0, 0.1) is 11.8 Å². The summed E-state index contributed by atoms with van der Waals surface area (Å²) in [6.45, 7) is -1.04. The molecule has 1 amide bonds. The van der Waals surface area contributed by atoms with E-state index in [9.17, 15) is 27.9 Å². The van der Waals surface area contributed by atoms with Gasteiger partial charge in [-0.15, -0.1) is 0 Å². The number of aliphatic hydroxyl groups excluding tert-OH is 2. The zero-order valence-corrected chi connectivity index (χ0v) is 13.2. The van der Waals surface area contributed by atoms with Crippen molar-refractivity contribution in [2.24, 2.45) is 0 Å². The van der Waals surface area contributed by atoms with Crippen LogP contribution in [-0.2, 0) is 9.53 Å². The van der Waals surface area contributed by atoms with Gasteiger partial charge in [-0.1, -0.05) is 11.8 Å². The number of nitrogens with one attached hydrogen (secondary N) is 1. The summed E-state index contributed by atoms with van der Waals surface area (Å²) in [6, 6.07) is 0. The van der Waals surface area contributed by atoms with Crippen molar-refractivity contribution >= 4 is 11.7 Å². The van der Waals surface area contributed by atoms with E-state index in [0.717, 1.165) is 4.57 Å². The molecular formula is C14H15F3N4O5. The Labute approximate surface area is 144 Å². The highest BCUT2D eigenvalue weighted by Gasteiger charge is 2.38. The third-order valence-corrected chi connectivity index (χ3v) is 3.49. The number of ether oxygens (including phenoxy) is 1. The molecule has 5 N–H and O–H groups in total. The molecule has 0 bridgehead atoms. The second-order valence-corrected chi connectivity index (χ2v) is 5.33. The van der Waals surface area contributed by atoms with Crippen LogP contribution in [0.15, 0.2) is 11.0 Å². The molecule has 0 saturated carbocycles. The van der Waals surface area contributed by atoms with Gasteiger partial charge >= 0.3 is 17.8 Å². The van der Waals surface area contributed by atoms with E-state index in [1.807, 2.05) is 0 Å². The normalized spacial score (nSPS) is 22.6. The third-order valence-electron chi connectivity index (χ3n) is 3.49. The number of hydrogen-bond donors (Lipinski definition) is 4. The van der Waals surface area contributed by atoms with Crippen LogP contribution >= 0.6 is 0 Å². The Bertz CT molecular complexity index is 798. The van der Waals surface area contributed by atoms with Crippen LogP contribution in [0.2, 0.25) is 0 Å². The van der Waals surface area contributed by atoms with Crippen molar-refractivity contribution in [3.8, 4) is 11.8 Å². The van der Waals surface area contributed by atoms with E-state index in [-0.39, 0.29) is 17.8 Å². The molecule has 12 heteroatoms. The molecule has 0 radical (unpaired) electrons. The van der Waals surface area contributed by atoms with Crippen molar-refractivity contribution in [3.63, 3.8) is 0 Å². The van der Waals surface area contributed by atoms with Gasteiger partial charge in [0.2, 0.25) is 0 Å². The number of nitrogen functional groups attached to an aromatic ring is 1. The Balaban J connectivity index is 2.15. The molecule has 26 heavy (non-hydrogen) atoms. The van der Waals surface area contributed by atoms with E-state index >= 15 is 0 Å². The van der Waals surface area contributed by atoms with Crippen LogP contribution in [0.4, 0.5) is 19.0 Å². The van der Waals surface area contributed by atoms with Crippen LogP contribution in [0.25, 0.3) is 0 Å². The average Bonchev–Trinajstić information content (AvgIpc) is 2.92. The molecule has 2 rings (SSSR count). The van der Waals surface area contributed by atoms with Gasteiger partial charge in [0.15, 0.2) is 0 Å². The number of carbonyl (C=O) groups excluding carboxylic acids is 1. The summed E-state index contributed by atoms with van der Waals surface area (Å²) in [4.78, 5) is 26.1. The molecule has 3 atom stereocenters. The zero-order chi connectivity index (χ0) is 19.5. The van der Waals surface area contributed by atoms with Crippen molar-refractivity contribution in [1.82, 2.24) is 14.9 Å². The standard InChI is InChI=1S/C14H15F3N4O5/c15-14(16,17)12(24)19-3-1-2-7-5-21(13(25)20-11(7)18)10-4-8(23)9(6-22)26-10/h5,8-10,22-23H,3-4,6H2,(H,19,24)(H2,18,20,25)/t8-,9-,10-/m1/s1. The smallest absolute Gasteiger partial charge is 0.394 e. The summed E-state index contributed by atoms with van der Waals surface area (Å²) in [5, 5.41) is 20.4. The fourth-order valence-corrected chi connectivity index (χ4v) is 2.20. The van der Waals surface area contributed by atoms with Gasteiger partial charge in [0, 0.05) is 12.6 Å². The molecular weight excluding hydrogens is 361 g/mol. The summed E-state index contributed by atoms with van der Waals surface area (Å²) in [5.41, 5.74) is 4.80. The summed E-state index contributed by atoms with van der Waals surface area (Å²) >= 11 is 0. The fraction of sp³-hybridized carbons (Fsp3) is 0.500. The summed E-state index contributed by atoms with van der Waals surface area (Å²) < 4.78 is 42.5. The number of amides is 1. The summed E-state index contributed by atoms with van der Waals surface area (Å²) in [5.74, 6) is 2.28. The van der Waals surface area contributed by atoms with Crippen molar-refractivity contribution in [3.05, 3.63) is 22.2 Å². The molecule has 1 aliphatic rings. The second kappa shape index (κ2) is 7.73. The number of rotatable bonds is 3. The number of halogens is 3. The van der Waals surface area contributed by atoms with Crippen LogP contribution in [0.3, 0.4) is 0 Å². The number of aromatic nitrogens is 2. The first-order valence-corrected chi connectivity index (χ1v) is 7.30. The van der Waals surface area contributed by atoms with E-state index in [2.05, 4.69) is 16.8 Å². The minimum Gasteiger partial charge on any atom is -0.394 e. The molecule has 1 aliphatic heterocycles.